The Labute approximate surface area is 112 Å². The smallest absolute Gasteiger partial charge is 0.223 e. The van der Waals surface area contributed by atoms with Gasteiger partial charge in [0.05, 0.1) is 5.69 Å². The Morgan fingerprint density at radius 2 is 2.42 bits per heavy atom. The summed E-state index contributed by atoms with van der Waals surface area (Å²) in [5, 5.41) is 7.45. The molecule has 2 aromatic rings. The monoisotopic (exact) mass is 258 g/mol. The number of aryl methyl sites for hydroxylation is 2. The molecule has 0 saturated carbocycles. The number of pyridine rings is 1. The molecule has 0 aliphatic heterocycles. The van der Waals surface area contributed by atoms with E-state index in [2.05, 4.69) is 26.5 Å². The molecule has 0 fully saturated rings. The first-order valence-corrected chi connectivity index (χ1v) is 6.79. The molecule has 19 heavy (non-hydrogen) atoms. The van der Waals surface area contributed by atoms with Crippen molar-refractivity contribution < 1.29 is 4.52 Å². The van der Waals surface area contributed by atoms with Crippen LogP contribution in [0.15, 0.2) is 22.9 Å². The van der Waals surface area contributed by atoms with Crippen molar-refractivity contribution in [3.63, 3.8) is 0 Å². The van der Waals surface area contributed by atoms with Gasteiger partial charge in [-0.25, -0.2) is 0 Å². The van der Waals surface area contributed by atoms with Crippen molar-refractivity contribution in [1.82, 2.24) is 20.4 Å². The third-order valence-corrected chi connectivity index (χ3v) is 3.50. The fraction of sp³-hybridized carbons (Fsp3) is 0.500. The Bertz CT molecular complexity index is 552. The minimum Gasteiger partial charge on any atom is -0.340 e. The highest BCUT2D eigenvalue weighted by atomic mass is 16.5. The van der Waals surface area contributed by atoms with Crippen LogP contribution in [0.3, 0.4) is 0 Å². The Kier molecular flexibility index (Phi) is 3.55. The minimum atomic E-state index is 0.359. The van der Waals surface area contributed by atoms with Crippen LogP contribution in [0.1, 0.15) is 41.9 Å². The lowest BCUT2D eigenvalue weighted by atomic mass is 9.92. The molecule has 1 unspecified atom stereocenters. The molecular formula is C14H18N4O. The summed E-state index contributed by atoms with van der Waals surface area (Å²) in [6.07, 6.45) is 6.18. The molecule has 2 heterocycles. The van der Waals surface area contributed by atoms with Crippen LogP contribution in [-0.2, 0) is 12.8 Å². The first-order chi connectivity index (χ1) is 9.33. The molecule has 1 aliphatic carbocycles. The minimum absolute atomic E-state index is 0.359. The maximum Gasteiger partial charge on any atom is 0.223 e. The van der Waals surface area contributed by atoms with Crippen molar-refractivity contribution >= 4 is 0 Å². The first-order valence-electron chi connectivity index (χ1n) is 6.79. The lowest BCUT2D eigenvalue weighted by Crippen LogP contribution is -2.28. The molecule has 3 rings (SSSR count). The van der Waals surface area contributed by atoms with E-state index in [9.17, 15) is 0 Å². The average molecular weight is 258 g/mol. The van der Waals surface area contributed by atoms with Crippen molar-refractivity contribution in [2.75, 3.05) is 6.54 Å². The molecule has 2 aromatic heterocycles. The van der Waals surface area contributed by atoms with Gasteiger partial charge >= 0.3 is 0 Å². The molecular weight excluding hydrogens is 240 g/mol. The zero-order valence-electron chi connectivity index (χ0n) is 11.1. The van der Waals surface area contributed by atoms with Gasteiger partial charge in [-0.1, -0.05) is 11.2 Å². The van der Waals surface area contributed by atoms with Gasteiger partial charge in [-0.3, -0.25) is 4.98 Å². The molecule has 1 aliphatic rings. The van der Waals surface area contributed by atoms with Crippen LogP contribution in [0.5, 0.6) is 0 Å². The molecule has 0 spiro atoms. The summed E-state index contributed by atoms with van der Waals surface area (Å²) in [4.78, 5) is 8.72. The number of aromatic nitrogens is 3. The number of fused-ring (bicyclic) bond motifs is 1. The van der Waals surface area contributed by atoms with Crippen LogP contribution in [0.4, 0.5) is 0 Å². The zero-order valence-corrected chi connectivity index (χ0v) is 11.1. The molecule has 0 radical (unpaired) electrons. The predicted molar refractivity (Wildman–Crippen MR) is 70.7 cm³/mol. The SMILES string of the molecule is Cc1nc(CCNC2CCCc3cccnc32)no1. The third kappa shape index (κ3) is 2.81. The molecule has 100 valence electrons. The summed E-state index contributed by atoms with van der Waals surface area (Å²) >= 11 is 0. The van der Waals surface area contributed by atoms with E-state index >= 15 is 0 Å². The quantitative estimate of drug-likeness (QED) is 0.908. The maximum atomic E-state index is 4.96. The number of nitrogens with one attached hydrogen (secondary N) is 1. The first kappa shape index (κ1) is 12.3. The van der Waals surface area contributed by atoms with Gasteiger partial charge in [-0.05, 0) is 30.9 Å². The normalized spacial score (nSPS) is 18.3. The number of nitrogens with zero attached hydrogens (tertiary/aromatic N) is 3. The fourth-order valence-electron chi connectivity index (χ4n) is 2.61. The lowest BCUT2D eigenvalue weighted by molar-refractivity contribution is 0.385. The van der Waals surface area contributed by atoms with E-state index in [-0.39, 0.29) is 0 Å². The van der Waals surface area contributed by atoms with Crippen molar-refractivity contribution in [2.45, 2.75) is 38.6 Å². The largest absolute Gasteiger partial charge is 0.340 e. The van der Waals surface area contributed by atoms with Gasteiger partial charge in [0.1, 0.15) is 0 Å². The van der Waals surface area contributed by atoms with E-state index in [0.29, 0.717) is 11.9 Å². The highest BCUT2D eigenvalue weighted by Crippen LogP contribution is 2.27. The van der Waals surface area contributed by atoms with Crippen LogP contribution < -0.4 is 5.32 Å². The van der Waals surface area contributed by atoms with Gasteiger partial charge in [-0.15, -0.1) is 0 Å². The standard InChI is InChI=1S/C14H18N4O/c1-10-17-13(18-19-10)7-9-15-12-6-2-4-11-5-3-8-16-14(11)12/h3,5,8,12,15H,2,4,6-7,9H2,1H3. The Morgan fingerprint density at radius 3 is 3.26 bits per heavy atom. The Balaban J connectivity index is 1.59. The summed E-state index contributed by atoms with van der Waals surface area (Å²) in [6.45, 7) is 2.66. The van der Waals surface area contributed by atoms with Gasteiger partial charge in [0.25, 0.3) is 0 Å². The van der Waals surface area contributed by atoms with Crippen molar-refractivity contribution in [3.05, 3.63) is 41.3 Å². The van der Waals surface area contributed by atoms with Gasteiger partial charge in [0, 0.05) is 32.1 Å². The maximum absolute atomic E-state index is 4.96. The molecule has 1 N–H and O–H groups in total. The number of rotatable bonds is 4. The fourth-order valence-corrected chi connectivity index (χ4v) is 2.61. The van der Waals surface area contributed by atoms with Crippen molar-refractivity contribution in [3.8, 4) is 0 Å². The molecule has 5 nitrogen and oxygen atoms in total. The lowest BCUT2D eigenvalue weighted by Gasteiger charge is -2.25. The average Bonchev–Trinajstić information content (AvgIpc) is 2.85. The summed E-state index contributed by atoms with van der Waals surface area (Å²) in [6, 6.07) is 4.56. The number of hydrogen-bond donors (Lipinski definition) is 1. The van der Waals surface area contributed by atoms with E-state index in [1.54, 1.807) is 0 Å². The van der Waals surface area contributed by atoms with Crippen molar-refractivity contribution in [2.24, 2.45) is 0 Å². The van der Waals surface area contributed by atoms with Crippen LogP contribution in [0, 0.1) is 6.92 Å². The van der Waals surface area contributed by atoms with Gasteiger partial charge < -0.3 is 9.84 Å². The molecule has 0 saturated heterocycles. The predicted octanol–water partition coefficient (Wildman–Crippen LogP) is 1.98. The second-order valence-electron chi connectivity index (χ2n) is 4.93. The molecule has 5 heteroatoms. The summed E-state index contributed by atoms with van der Waals surface area (Å²) in [5.41, 5.74) is 2.58. The topological polar surface area (TPSA) is 63.8 Å². The highest BCUT2D eigenvalue weighted by Gasteiger charge is 2.20. The molecule has 0 bridgehead atoms. The van der Waals surface area contributed by atoms with E-state index in [1.807, 2.05) is 19.2 Å². The van der Waals surface area contributed by atoms with Crippen LogP contribution >= 0.6 is 0 Å². The summed E-state index contributed by atoms with van der Waals surface area (Å²) in [7, 11) is 0. The molecule has 0 aromatic carbocycles. The summed E-state index contributed by atoms with van der Waals surface area (Å²) in [5.74, 6) is 1.39. The number of hydrogen-bond acceptors (Lipinski definition) is 5. The van der Waals surface area contributed by atoms with Crippen LogP contribution in [0.25, 0.3) is 0 Å². The van der Waals surface area contributed by atoms with Crippen molar-refractivity contribution in [1.29, 1.82) is 0 Å². The van der Waals surface area contributed by atoms with Gasteiger partial charge in [0.2, 0.25) is 5.89 Å². The van der Waals surface area contributed by atoms with E-state index < -0.39 is 0 Å². The second kappa shape index (κ2) is 5.48. The van der Waals surface area contributed by atoms with Gasteiger partial charge in [0.15, 0.2) is 5.82 Å². The Hall–Kier alpha value is -1.75. The highest BCUT2D eigenvalue weighted by molar-refractivity contribution is 5.25. The third-order valence-electron chi connectivity index (χ3n) is 3.50. The van der Waals surface area contributed by atoms with E-state index in [4.69, 9.17) is 4.52 Å². The molecule has 1 atom stereocenters. The van der Waals surface area contributed by atoms with E-state index in [1.165, 1.54) is 17.7 Å². The second-order valence-corrected chi connectivity index (χ2v) is 4.93. The molecule has 0 amide bonds. The van der Waals surface area contributed by atoms with Gasteiger partial charge in [-0.2, -0.15) is 4.98 Å². The van der Waals surface area contributed by atoms with Crippen LogP contribution in [-0.4, -0.2) is 21.7 Å². The van der Waals surface area contributed by atoms with E-state index in [0.717, 1.165) is 31.6 Å². The zero-order chi connectivity index (χ0) is 13.1. The van der Waals surface area contributed by atoms with Crippen LogP contribution in [0.2, 0.25) is 0 Å². The summed E-state index contributed by atoms with van der Waals surface area (Å²) < 4.78 is 4.96. The Morgan fingerprint density at radius 1 is 1.47 bits per heavy atom.